The van der Waals surface area contributed by atoms with Gasteiger partial charge in [-0.15, -0.1) is 6.42 Å². The highest BCUT2D eigenvalue weighted by atomic mass is 16.5. The molecular formula is C17H18O2. The standard InChI is InChI=1S/C15H12O2.C2H6/c1-2-15(16)12-7-6-10-14(11-12)17-13-8-4-3-5-9-13;1-2/h1,3-11,15-16H;1-2H3. The molecule has 0 saturated heterocycles. The Morgan fingerprint density at radius 2 is 1.63 bits per heavy atom. The van der Waals surface area contributed by atoms with Crippen molar-refractivity contribution in [3.05, 3.63) is 60.2 Å². The van der Waals surface area contributed by atoms with E-state index in [4.69, 9.17) is 11.2 Å². The van der Waals surface area contributed by atoms with Crippen LogP contribution in [0.25, 0.3) is 0 Å². The number of para-hydroxylation sites is 1. The molecule has 1 N–H and O–H groups in total. The molecule has 2 heteroatoms. The molecule has 2 aromatic carbocycles. The zero-order chi connectivity index (χ0) is 14.1. The van der Waals surface area contributed by atoms with E-state index in [9.17, 15) is 5.11 Å². The molecule has 0 spiro atoms. The normalized spacial score (nSPS) is 10.6. The van der Waals surface area contributed by atoms with Crippen LogP contribution >= 0.6 is 0 Å². The maximum atomic E-state index is 9.53. The lowest BCUT2D eigenvalue weighted by atomic mass is 10.1. The Hall–Kier alpha value is -2.24. The van der Waals surface area contributed by atoms with Gasteiger partial charge in [0.25, 0.3) is 0 Å². The highest BCUT2D eigenvalue weighted by Gasteiger charge is 2.04. The van der Waals surface area contributed by atoms with E-state index in [1.807, 2.05) is 50.2 Å². The molecule has 0 heterocycles. The number of aliphatic hydroxyl groups excluding tert-OH is 1. The van der Waals surface area contributed by atoms with E-state index in [0.29, 0.717) is 11.3 Å². The van der Waals surface area contributed by atoms with E-state index >= 15 is 0 Å². The number of terminal acetylenes is 1. The first-order chi connectivity index (χ1) is 9.29. The van der Waals surface area contributed by atoms with Gasteiger partial charge in [0.2, 0.25) is 0 Å². The predicted molar refractivity (Wildman–Crippen MR) is 78.1 cm³/mol. The van der Waals surface area contributed by atoms with Crippen molar-refractivity contribution in [1.82, 2.24) is 0 Å². The molecule has 0 bridgehead atoms. The molecule has 0 aliphatic heterocycles. The van der Waals surface area contributed by atoms with Gasteiger partial charge in [-0.3, -0.25) is 0 Å². The average molecular weight is 254 g/mol. The Kier molecular flexibility index (Phi) is 6.21. The lowest BCUT2D eigenvalue weighted by molar-refractivity contribution is 0.238. The van der Waals surface area contributed by atoms with E-state index in [2.05, 4.69) is 5.92 Å². The molecule has 0 radical (unpaired) electrons. The van der Waals surface area contributed by atoms with Crippen molar-refractivity contribution >= 4 is 0 Å². The molecule has 0 fully saturated rings. The Bertz CT molecular complexity index is 526. The minimum Gasteiger partial charge on any atom is -0.457 e. The number of aliphatic hydroxyl groups is 1. The van der Waals surface area contributed by atoms with Gasteiger partial charge in [0.15, 0.2) is 0 Å². The molecule has 1 unspecified atom stereocenters. The van der Waals surface area contributed by atoms with Crippen LogP contribution in [0.2, 0.25) is 0 Å². The summed E-state index contributed by atoms with van der Waals surface area (Å²) in [7, 11) is 0. The molecular weight excluding hydrogens is 236 g/mol. The second-order valence-corrected chi connectivity index (χ2v) is 3.56. The summed E-state index contributed by atoms with van der Waals surface area (Å²) in [5, 5.41) is 9.53. The summed E-state index contributed by atoms with van der Waals surface area (Å²) in [5.74, 6) is 3.68. The van der Waals surface area contributed by atoms with Gasteiger partial charge in [0, 0.05) is 0 Å². The van der Waals surface area contributed by atoms with E-state index in [0.717, 1.165) is 5.75 Å². The van der Waals surface area contributed by atoms with Crippen molar-refractivity contribution in [3.63, 3.8) is 0 Å². The smallest absolute Gasteiger partial charge is 0.140 e. The zero-order valence-electron chi connectivity index (χ0n) is 11.2. The fourth-order valence-electron chi connectivity index (χ4n) is 1.47. The summed E-state index contributed by atoms with van der Waals surface area (Å²) in [4.78, 5) is 0. The highest BCUT2D eigenvalue weighted by Crippen LogP contribution is 2.24. The fraction of sp³-hybridized carbons (Fsp3) is 0.176. The van der Waals surface area contributed by atoms with Gasteiger partial charge < -0.3 is 9.84 Å². The molecule has 2 rings (SSSR count). The third kappa shape index (κ3) is 4.50. The summed E-state index contributed by atoms with van der Waals surface area (Å²) in [6.45, 7) is 4.00. The van der Waals surface area contributed by atoms with Gasteiger partial charge >= 0.3 is 0 Å². The summed E-state index contributed by atoms with van der Waals surface area (Å²) < 4.78 is 5.63. The van der Waals surface area contributed by atoms with Gasteiger partial charge in [0.1, 0.15) is 17.6 Å². The minimum atomic E-state index is -0.894. The molecule has 0 amide bonds. The Morgan fingerprint density at radius 1 is 1.00 bits per heavy atom. The van der Waals surface area contributed by atoms with Crippen molar-refractivity contribution in [2.24, 2.45) is 0 Å². The minimum absolute atomic E-state index is 0.654. The number of benzene rings is 2. The third-order valence-corrected chi connectivity index (χ3v) is 2.31. The molecule has 0 aliphatic carbocycles. The van der Waals surface area contributed by atoms with Crippen LogP contribution in [0, 0.1) is 12.3 Å². The molecule has 0 aromatic heterocycles. The number of hydrogen-bond acceptors (Lipinski definition) is 2. The topological polar surface area (TPSA) is 29.5 Å². The maximum absolute atomic E-state index is 9.53. The van der Waals surface area contributed by atoms with Crippen LogP contribution in [0.3, 0.4) is 0 Å². The Balaban J connectivity index is 0.000000861. The Morgan fingerprint density at radius 3 is 2.26 bits per heavy atom. The van der Waals surface area contributed by atoms with Crippen LogP contribution < -0.4 is 4.74 Å². The molecule has 1 atom stereocenters. The molecule has 2 nitrogen and oxygen atoms in total. The number of ether oxygens (including phenoxy) is 1. The van der Waals surface area contributed by atoms with Gasteiger partial charge in [-0.2, -0.15) is 0 Å². The van der Waals surface area contributed by atoms with E-state index < -0.39 is 6.10 Å². The second-order valence-electron chi connectivity index (χ2n) is 3.56. The van der Waals surface area contributed by atoms with Crippen molar-refractivity contribution < 1.29 is 9.84 Å². The van der Waals surface area contributed by atoms with E-state index in [-0.39, 0.29) is 0 Å². The zero-order valence-corrected chi connectivity index (χ0v) is 11.2. The maximum Gasteiger partial charge on any atom is 0.140 e. The highest BCUT2D eigenvalue weighted by molar-refractivity contribution is 5.36. The van der Waals surface area contributed by atoms with Crippen LogP contribution in [0.4, 0.5) is 0 Å². The molecule has 19 heavy (non-hydrogen) atoms. The van der Waals surface area contributed by atoms with Crippen molar-refractivity contribution in [2.75, 3.05) is 0 Å². The van der Waals surface area contributed by atoms with E-state index in [1.54, 1.807) is 18.2 Å². The van der Waals surface area contributed by atoms with Gasteiger partial charge in [-0.1, -0.05) is 50.1 Å². The summed E-state index contributed by atoms with van der Waals surface area (Å²) in [6, 6.07) is 16.6. The van der Waals surface area contributed by atoms with Gasteiger partial charge in [-0.25, -0.2) is 0 Å². The molecule has 2 aromatic rings. The predicted octanol–water partition coefficient (Wildman–Crippen LogP) is 4.17. The van der Waals surface area contributed by atoms with Crippen molar-refractivity contribution in [2.45, 2.75) is 20.0 Å². The molecule has 98 valence electrons. The van der Waals surface area contributed by atoms with E-state index in [1.165, 1.54) is 0 Å². The molecule has 0 saturated carbocycles. The summed E-state index contributed by atoms with van der Waals surface area (Å²) >= 11 is 0. The van der Waals surface area contributed by atoms with Crippen LogP contribution in [0.5, 0.6) is 11.5 Å². The van der Waals surface area contributed by atoms with Gasteiger partial charge in [-0.05, 0) is 29.8 Å². The lowest BCUT2D eigenvalue weighted by Crippen LogP contribution is -1.93. The van der Waals surface area contributed by atoms with Crippen LogP contribution in [-0.2, 0) is 0 Å². The van der Waals surface area contributed by atoms with Crippen molar-refractivity contribution in [1.29, 1.82) is 0 Å². The summed E-state index contributed by atoms with van der Waals surface area (Å²) in [6.07, 6.45) is 4.27. The largest absolute Gasteiger partial charge is 0.457 e. The average Bonchev–Trinajstić information content (AvgIpc) is 2.50. The fourth-order valence-corrected chi connectivity index (χ4v) is 1.47. The second kappa shape index (κ2) is 7.97. The monoisotopic (exact) mass is 254 g/mol. The first-order valence-corrected chi connectivity index (χ1v) is 6.26. The van der Waals surface area contributed by atoms with Crippen LogP contribution in [0.15, 0.2) is 54.6 Å². The quantitative estimate of drug-likeness (QED) is 0.833. The SMILES string of the molecule is C#CC(O)c1cccc(Oc2ccccc2)c1.CC. The lowest BCUT2D eigenvalue weighted by Gasteiger charge is -2.08. The van der Waals surface area contributed by atoms with Crippen LogP contribution in [0.1, 0.15) is 25.5 Å². The first-order valence-electron chi connectivity index (χ1n) is 6.26. The van der Waals surface area contributed by atoms with Gasteiger partial charge in [0.05, 0.1) is 0 Å². The Labute approximate surface area is 114 Å². The van der Waals surface area contributed by atoms with Crippen LogP contribution in [-0.4, -0.2) is 5.11 Å². The molecule has 0 aliphatic rings. The number of rotatable bonds is 3. The first kappa shape index (κ1) is 14.8. The summed E-state index contributed by atoms with van der Waals surface area (Å²) in [5.41, 5.74) is 0.654. The third-order valence-electron chi connectivity index (χ3n) is 2.31. The van der Waals surface area contributed by atoms with Crippen molar-refractivity contribution in [3.8, 4) is 23.8 Å². The number of hydrogen-bond donors (Lipinski definition) is 1.